The lowest BCUT2D eigenvalue weighted by atomic mass is 9.84. The van der Waals surface area contributed by atoms with Crippen molar-refractivity contribution < 1.29 is 4.74 Å². The molecule has 1 aliphatic rings. The van der Waals surface area contributed by atoms with Crippen LogP contribution in [0.15, 0.2) is 18.3 Å². The van der Waals surface area contributed by atoms with Crippen LogP contribution in [0.2, 0.25) is 0 Å². The van der Waals surface area contributed by atoms with Crippen LogP contribution < -0.4 is 10.5 Å². The predicted octanol–water partition coefficient (Wildman–Crippen LogP) is 1.86. The minimum Gasteiger partial charge on any atom is -0.495 e. The summed E-state index contributed by atoms with van der Waals surface area (Å²) in [4.78, 5) is 4.46. The lowest BCUT2D eigenvalue weighted by Crippen LogP contribution is -2.24. The van der Waals surface area contributed by atoms with Gasteiger partial charge in [-0.1, -0.05) is 6.92 Å². The van der Waals surface area contributed by atoms with E-state index in [2.05, 4.69) is 11.9 Å². The van der Waals surface area contributed by atoms with Crippen LogP contribution in [-0.2, 0) is 5.41 Å². The molecule has 3 nitrogen and oxygen atoms in total. The van der Waals surface area contributed by atoms with Gasteiger partial charge in [-0.2, -0.15) is 0 Å². The maximum atomic E-state index is 5.97. The van der Waals surface area contributed by atoms with Crippen molar-refractivity contribution in [1.82, 2.24) is 4.98 Å². The Kier molecular flexibility index (Phi) is 2.65. The number of nitrogens with zero attached hydrogens (tertiary/aromatic N) is 1. The second-order valence-electron chi connectivity index (χ2n) is 4.62. The fourth-order valence-corrected chi connectivity index (χ4v) is 2.51. The fraction of sp³-hybridized carbons (Fsp3) is 0.583. The van der Waals surface area contributed by atoms with Crippen molar-refractivity contribution in [3.8, 4) is 5.75 Å². The molecule has 0 saturated heterocycles. The first kappa shape index (κ1) is 10.4. The Hall–Kier alpha value is -1.09. The largest absolute Gasteiger partial charge is 0.495 e. The number of nitrogens with two attached hydrogens (primary N) is 1. The minimum atomic E-state index is 0.0893. The molecule has 0 amide bonds. The standard InChI is InChI=1S/C12H18N2O/c1-12(6-5-9(13)8-12)11-10(15-2)4-3-7-14-11/h3-4,7,9H,5-6,8,13H2,1-2H3. The first-order valence-electron chi connectivity index (χ1n) is 5.41. The zero-order chi connectivity index (χ0) is 10.9. The monoisotopic (exact) mass is 206 g/mol. The zero-order valence-corrected chi connectivity index (χ0v) is 9.36. The van der Waals surface area contributed by atoms with E-state index in [1.165, 1.54) is 0 Å². The zero-order valence-electron chi connectivity index (χ0n) is 9.36. The van der Waals surface area contributed by atoms with Gasteiger partial charge < -0.3 is 10.5 Å². The van der Waals surface area contributed by atoms with Gasteiger partial charge in [0.15, 0.2) is 0 Å². The third-order valence-electron chi connectivity index (χ3n) is 3.34. The average molecular weight is 206 g/mol. The molecular formula is C12H18N2O. The summed E-state index contributed by atoms with van der Waals surface area (Å²) >= 11 is 0. The van der Waals surface area contributed by atoms with E-state index in [1.807, 2.05) is 18.3 Å². The predicted molar refractivity (Wildman–Crippen MR) is 60.0 cm³/mol. The van der Waals surface area contributed by atoms with Crippen LogP contribution >= 0.6 is 0 Å². The summed E-state index contributed by atoms with van der Waals surface area (Å²) in [5, 5.41) is 0. The van der Waals surface area contributed by atoms with Crippen molar-refractivity contribution in [2.75, 3.05) is 7.11 Å². The van der Waals surface area contributed by atoms with Crippen LogP contribution in [0.3, 0.4) is 0 Å². The Labute approximate surface area is 90.7 Å². The molecule has 1 aliphatic carbocycles. The average Bonchev–Trinajstić information content (AvgIpc) is 2.60. The minimum absolute atomic E-state index is 0.0893. The molecule has 2 N–H and O–H groups in total. The van der Waals surface area contributed by atoms with Gasteiger partial charge in [-0.3, -0.25) is 4.98 Å². The Bertz CT molecular complexity index is 353. The van der Waals surface area contributed by atoms with Crippen molar-refractivity contribution in [3.63, 3.8) is 0 Å². The number of hydrogen-bond donors (Lipinski definition) is 1. The van der Waals surface area contributed by atoms with Gasteiger partial charge in [0.05, 0.1) is 12.8 Å². The maximum Gasteiger partial charge on any atom is 0.140 e. The van der Waals surface area contributed by atoms with Gasteiger partial charge in [-0.15, -0.1) is 0 Å². The highest BCUT2D eigenvalue weighted by atomic mass is 16.5. The van der Waals surface area contributed by atoms with Gasteiger partial charge in [0.2, 0.25) is 0 Å². The molecule has 1 aromatic heterocycles. The molecule has 0 radical (unpaired) electrons. The van der Waals surface area contributed by atoms with Crippen LogP contribution in [0, 0.1) is 0 Å². The molecule has 1 fully saturated rings. The SMILES string of the molecule is COc1cccnc1C1(C)CCC(N)C1. The Balaban J connectivity index is 2.36. The molecule has 1 saturated carbocycles. The first-order chi connectivity index (χ1) is 7.15. The van der Waals surface area contributed by atoms with E-state index < -0.39 is 0 Å². The highest BCUT2D eigenvalue weighted by Crippen LogP contribution is 2.42. The fourth-order valence-electron chi connectivity index (χ4n) is 2.51. The molecule has 3 heteroatoms. The first-order valence-corrected chi connectivity index (χ1v) is 5.41. The van der Waals surface area contributed by atoms with Crippen molar-refractivity contribution in [3.05, 3.63) is 24.0 Å². The van der Waals surface area contributed by atoms with Crippen LogP contribution in [0.5, 0.6) is 5.75 Å². The molecule has 0 aromatic carbocycles. The Morgan fingerprint density at radius 2 is 2.40 bits per heavy atom. The van der Waals surface area contributed by atoms with E-state index in [-0.39, 0.29) is 5.41 Å². The molecule has 2 unspecified atom stereocenters. The molecule has 0 bridgehead atoms. The van der Waals surface area contributed by atoms with Gasteiger partial charge >= 0.3 is 0 Å². The highest BCUT2D eigenvalue weighted by molar-refractivity contribution is 5.34. The van der Waals surface area contributed by atoms with E-state index in [1.54, 1.807) is 7.11 Å². The second-order valence-corrected chi connectivity index (χ2v) is 4.62. The summed E-state index contributed by atoms with van der Waals surface area (Å²) in [6.45, 7) is 2.23. The molecular weight excluding hydrogens is 188 g/mol. The normalized spacial score (nSPS) is 30.5. The van der Waals surface area contributed by atoms with Gasteiger partial charge in [0, 0.05) is 17.7 Å². The van der Waals surface area contributed by atoms with Crippen LogP contribution in [0.4, 0.5) is 0 Å². The Morgan fingerprint density at radius 1 is 1.60 bits per heavy atom. The molecule has 15 heavy (non-hydrogen) atoms. The van der Waals surface area contributed by atoms with Crippen molar-refractivity contribution in [2.24, 2.45) is 5.73 Å². The van der Waals surface area contributed by atoms with Crippen molar-refractivity contribution in [1.29, 1.82) is 0 Å². The molecule has 2 rings (SSSR count). The Morgan fingerprint density at radius 3 is 3.00 bits per heavy atom. The highest BCUT2D eigenvalue weighted by Gasteiger charge is 2.38. The van der Waals surface area contributed by atoms with Crippen LogP contribution in [0.1, 0.15) is 31.9 Å². The van der Waals surface area contributed by atoms with E-state index in [9.17, 15) is 0 Å². The molecule has 2 atom stereocenters. The number of pyridine rings is 1. The molecule has 82 valence electrons. The number of ether oxygens (including phenoxy) is 1. The molecule has 0 aliphatic heterocycles. The molecule has 1 heterocycles. The van der Waals surface area contributed by atoms with Crippen molar-refractivity contribution in [2.45, 2.75) is 37.6 Å². The summed E-state index contributed by atoms with van der Waals surface area (Å²) in [6.07, 6.45) is 5.01. The lowest BCUT2D eigenvalue weighted by molar-refractivity contribution is 0.377. The number of hydrogen-bond acceptors (Lipinski definition) is 3. The van der Waals surface area contributed by atoms with Gasteiger partial charge in [-0.05, 0) is 31.4 Å². The van der Waals surface area contributed by atoms with Crippen LogP contribution in [0.25, 0.3) is 0 Å². The third kappa shape index (κ3) is 1.84. The molecule has 1 aromatic rings. The maximum absolute atomic E-state index is 5.97. The number of methoxy groups -OCH3 is 1. The lowest BCUT2D eigenvalue weighted by Gasteiger charge is -2.24. The summed E-state index contributed by atoms with van der Waals surface area (Å²) in [6, 6.07) is 4.18. The smallest absolute Gasteiger partial charge is 0.140 e. The second kappa shape index (κ2) is 3.81. The van der Waals surface area contributed by atoms with Gasteiger partial charge in [0.1, 0.15) is 5.75 Å². The summed E-state index contributed by atoms with van der Waals surface area (Å²) in [7, 11) is 1.69. The quantitative estimate of drug-likeness (QED) is 0.803. The number of aromatic nitrogens is 1. The third-order valence-corrected chi connectivity index (χ3v) is 3.34. The van der Waals surface area contributed by atoms with Gasteiger partial charge in [0.25, 0.3) is 0 Å². The summed E-state index contributed by atoms with van der Waals surface area (Å²) in [5.74, 6) is 0.883. The molecule has 0 spiro atoms. The van der Waals surface area contributed by atoms with Gasteiger partial charge in [-0.25, -0.2) is 0 Å². The van der Waals surface area contributed by atoms with Crippen molar-refractivity contribution >= 4 is 0 Å². The summed E-state index contributed by atoms with van der Waals surface area (Å²) in [5.41, 5.74) is 7.12. The topological polar surface area (TPSA) is 48.1 Å². The van der Waals surface area contributed by atoms with E-state index in [0.29, 0.717) is 6.04 Å². The van der Waals surface area contributed by atoms with Crippen LogP contribution in [-0.4, -0.2) is 18.1 Å². The summed E-state index contributed by atoms with van der Waals surface area (Å²) < 4.78 is 5.35. The van der Waals surface area contributed by atoms with E-state index in [4.69, 9.17) is 10.5 Å². The van der Waals surface area contributed by atoms with E-state index in [0.717, 1.165) is 30.7 Å². The van der Waals surface area contributed by atoms with E-state index >= 15 is 0 Å². The number of rotatable bonds is 2.